The van der Waals surface area contributed by atoms with Gasteiger partial charge in [-0.15, -0.1) is 0 Å². The van der Waals surface area contributed by atoms with Crippen LogP contribution in [0.25, 0.3) is 0 Å². The second kappa shape index (κ2) is 11.5. The standard InChI is InChI=1S/C34H53N3O3/c1-23(2)24-16-21-36(22-17-24)29-30(38)37(34(35-29)19-13-27(14-20-34)33(6,7)8)28(15-18-32(3,4)5)25-9-11-26(12-10-25)31(39)40/h9-12,23-24,27-28H,13-22H2,1-8H3,(H,39,40)/t27?,28-,34?/m1/s1. The van der Waals surface area contributed by atoms with Gasteiger partial charge in [-0.1, -0.05) is 67.5 Å². The minimum Gasteiger partial charge on any atom is -0.478 e. The number of aliphatic imine (C=N–C) groups is 1. The van der Waals surface area contributed by atoms with Crippen LogP contribution in [0.3, 0.4) is 0 Å². The molecular weight excluding hydrogens is 498 g/mol. The van der Waals surface area contributed by atoms with Crippen LogP contribution in [0.1, 0.15) is 129 Å². The molecule has 1 spiro atoms. The fourth-order valence-corrected chi connectivity index (χ4v) is 7.17. The van der Waals surface area contributed by atoms with Crippen LogP contribution in [0.2, 0.25) is 0 Å². The molecule has 1 saturated carbocycles. The number of nitrogens with zero attached hydrogens (tertiary/aromatic N) is 3. The van der Waals surface area contributed by atoms with Gasteiger partial charge in [-0.2, -0.15) is 0 Å². The second-order valence-electron chi connectivity index (χ2n) is 15.3. The number of likely N-dealkylation sites (tertiary alicyclic amines) is 1. The van der Waals surface area contributed by atoms with Crippen LogP contribution in [0.5, 0.6) is 0 Å². The van der Waals surface area contributed by atoms with Gasteiger partial charge in [0, 0.05) is 13.1 Å². The Balaban J connectivity index is 1.72. The fraction of sp³-hybridized carbons (Fsp3) is 0.735. The quantitative estimate of drug-likeness (QED) is 0.392. The van der Waals surface area contributed by atoms with Gasteiger partial charge in [-0.25, -0.2) is 9.79 Å². The summed E-state index contributed by atoms with van der Waals surface area (Å²) < 4.78 is 0. The molecule has 0 aromatic heterocycles. The van der Waals surface area contributed by atoms with E-state index in [4.69, 9.17) is 4.99 Å². The molecule has 0 bridgehead atoms. The van der Waals surface area contributed by atoms with E-state index in [9.17, 15) is 14.7 Å². The number of carbonyl (C=O) groups excluding carboxylic acids is 1. The van der Waals surface area contributed by atoms with Crippen molar-refractivity contribution in [1.82, 2.24) is 9.80 Å². The maximum absolute atomic E-state index is 14.5. The number of piperidine rings is 1. The third-order valence-electron chi connectivity index (χ3n) is 9.99. The lowest BCUT2D eigenvalue weighted by molar-refractivity contribution is -0.134. The van der Waals surface area contributed by atoms with Gasteiger partial charge in [0.2, 0.25) is 0 Å². The molecule has 4 rings (SSSR count). The van der Waals surface area contributed by atoms with E-state index < -0.39 is 11.6 Å². The van der Waals surface area contributed by atoms with Crippen molar-refractivity contribution in [2.45, 2.75) is 118 Å². The summed E-state index contributed by atoms with van der Waals surface area (Å²) in [5, 5.41) is 9.51. The monoisotopic (exact) mass is 551 g/mol. The number of hydrogen-bond donors (Lipinski definition) is 1. The van der Waals surface area contributed by atoms with Crippen LogP contribution >= 0.6 is 0 Å². The van der Waals surface area contributed by atoms with Crippen molar-refractivity contribution in [2.24, 2.45) is 33.6 Å². The van der Waals surface area contributed by atoms with Gasteiger partial charge in [-0.3, -0.25) is 4.79 Å². The van der Waals surface area contributed by atoms with Crippen molar-refractivity contribution in [3.05, 3.63) is 35.4 Å². The number of carboxylic acid groups (broad SMARTS) is 1. The molecule has 1 saturated heterocycles. The maximum atomic E-state index is 14.5. The third kappa shape index (κ3) is 6.57. The van der Waals surface area contributed by atoms with Crippen molar-refractivity contribution in [3.63, 3.8) is 0 Å². The summed E-state index contributed by atoms with van der Waals surface area (Å²) in [6.07, 6.45) is 7.87. The van der Waals surface area contributed by atoms with Crippen LogP contribution < -0.4 is 0 Å². The van der Waals surface area contributed by atoms with E-state index in [0.29, 0.717) is 23.6 Å². The Kier molecular flexibility index (Phi) is 8.78. The van der Waals surface area contributed by atoms with E-state index in [1.54, 1.807) is 12.1 Å². The topological polar surface area (TPSA) is 73.2 Å². The lowest BCUT2D eigenvalue weighted by Gasteiger charge is -2.47. The molecule has 1 aromatic carbocycles. The van der Waals surface area contributed by atoms with E-state index in [1.807, 2.05) is 12.1 Å². The van der Waals surface area contributed by atoms with Crippen molar-refractivity contribution < 1.29 is 14.7 Å². The number of carboxylic acids is 1. The smallest absolute Gasteiger partial charge is 0.335 e. The summed E-state index contributed by atoms with van der Waals surface area (Å²) in [6.45, 7) is 20.1. The molecule has 3 aliphatic rings. The van der Waals surface area contributed by atoms with E-state index in [1.165, 1.54) is 0 Å². The molecular formula is C34H53N3O3. The number of hydrogen-bond acceptors (Lipinski definition) is 4. The zero-order chi connectivity index (χ0) is 29.5. The number of rotatable bonds is 6. The summed E-state index contributed by atoms with van der Waals surface area (Å²) in [4.78, 5) is 36.0. The summed E-state index contributed by atoms with van der Waals surface area (Å²) in [7, 11) is 0. The van der Waals surface area contributed by atoms with Gasteiger partial charge in [0.1, 0.15) is 5.66 Å². The van der Waals surface area contributed by atoms with Gasteiger partial charge in [-0.05, 0) is 97.6 Å². The first kappa shape index (κ1) is 30.6. The lowest BCUT2D eigenvalue weighted by Crippen LogP contribution is -2.52. The predicted octanol–water partition coefficient (Wildman–Crippen LogP) is 7.79. The summed E-state index contributed by atoms with van der Waals surface area (Å²) >= 11 is 0. The number of amidine groups is 1. The van der Waals surface area contributed by atoms with Crippen LogP contribution in [0.15, 0.2) is 29.3 Å². The fourth-order valence-electron chi connectivity index (χ4n) is 7.17. The van der Waals surface area contributed by atoms with Gasteiger partial charge in [0.15, 0.2) is 5.84 Å². The number of aromatic carboxylic acids is 1. The Labute approximate surface area is 242 Å². The van der Waals surface area contributed by atoms with Gasteiger partial charge < -0.3 is 14.9 Å². The van der Waals surface area contributed by atoms with Crippen molar-refractivity contribution in [2.75, 3.05) is 13.1 Å². The first-order chi connectivity index (χ1) is 18.6. The molecule has 40 heavy (non-hydrogen) atoms. The summed E-state index contributed by atoms with van der Waals surface area (Å²) in [5.41, 5.74) is 1.10. The van der Waals surface area contributed by atoms with E-state index >= 15 is 0 Å². The highest BCUT2D eigenvalue weighted by Gasteiger charge is 2.53. The molecule has 6 nitrogen and oxygen atoms in total. The van der Waals surface area contributed by atoms with E-state index in [2.05, 4.69) is 65.2 Å². The maximum Gasteiger partial charge on any atom is 0.335 e. The molecule has 1 amide bonds. The lowest BCUT2D eigenvalue weighted by atomic mass is 9.69. The molecule has 2 heterocycles. The average molecular weight is 552 g/mol. The van der Waals surface area contributed by atoms with Crippen LogP contribution in [0, 0.1) is 28.6 Å². The molecule has 1 atom stereocenters. The van der Waals surface area contributed by atoms with Crippen LogP contribution in [0.4, 0.5) is 0 Å². The van der Waals surface area contributed by atoms with Gasteiger partial charge in [0.05, 0.1) is 11.6 Å². The number of carbonyl (C=O) groups is 2. The first-order valence-electron chi connectivity index (χ1n) is 15.6. The number of amides is 1. The van der Waals surface area contributed by atoms with Gasteiger partial charge in [0.25, 0.3) is 5.91 Å². The minimum absolute atomic E-state index is 0.0680. The average Bonchev–Trinajstić information content (AvgIpc) is 3.15. The largest absolute Gasteiger partial charge is 0.478 e. The van der Waals surface area contributed by atoms with Crippen molar-refractivity contribution >= 4 is 17.7 Å². The molecule has 2 aliphatic heterocycles. The highest BCUT2D eigenvalue weighted by Crippen LogP contribution is 2.50. The molecule has 0 radical (unpaired) electrons. The Bertz CT molecular complexity index is 1080. The Morgan fingerprint density at radius 1 is 1.00 bits per heavy atom. The van der Waals surface area contributed by atoms with Crippen LogP contribution in [-0.4, -0.2) is 51.4 Å². The molecule has 6 heteroatoms. The van der Waals surface area contributed by atoms with Crippen molar-refractivity contribution in [3.8, 4) is 0 Å². The normalized spacial score (nSPS) is 25.6. The Morgan fingerprint density at radius 3 is 2.05 bits per heavy atom. The molecule has 0 unspecified atom stereocenters. The Morgan fingerprint density at radius 2 is 1.57 bits per heavy atom. The zero-order valence-corrected chi connectivity index (χ0v) is 26.3. The van der Waals surface area contributed by atoms with E-state index in [0.717, 1.165) is 70.0 Å². The highest BCUT2D eigenvalue weighted by atomic mass is 16.4. The summed E-state index contributed by atoms with van der Waals surface area (Å²) in [6, 6.07) is 7.07. The van der Waals surface area contributed by atoms with E-state index in [-0.39, 0.29) is 28.3 Å². The predicted molar refractivity (Wildman–Crippen MR) is 162 cm³/mol. The van der Waals surface area contributed by atoms with Crippen LogP contribution in [-0.2, 0) is 4.79 Å². The first-order valence-corrected chi connectivity index (χ1v) is 15.6. The molecule has 1 N–H and O–H groups in total. The second-order valence-corrected chi connectivity index (χ2v) is 15.3. The molecule has 2 fully saturated rings. The van der Waals surface area contributed by atoms with Crippen molar-refractivity contribution in [1.29, 1.82) is 0 Å². The molecule has 1 aliphatic carbocycles. The minimum atomic E-state index is -0.928. The highest BCUT2D eigenvalue weighted by molar-refractivity contribution is 6.39. The number of benzene rings is 1. The van der Waals surface area contributed by atoms with Gasteiger partial charge >= 0.3 is 5.97 Å². The zero-order valence-electron chi connectivity index (χ0n) is 26.3. The molecule has 222 valence electrons. The Hall–Kier alpha value is -2.37. The third-order valence-corrected chi connectivity index (χ3v) is 9.99. The molecule has 1 aromatic rings. The SMILES string of the molecule is CC(C)C1CCN(C2=NC3(CCC(C(C)(C)C)CC3)N([C@H](CCC(C)(C)C)c3ccc(C(=O)O)cc3)C2=O)CC1. The summed E-state index contributed by atoms with van der Waals surface area (Å²) in [5.74, 6) is 1.78.